The zero-order chi connectivity index (χ0) is 18.8. The van der Waals surface area contributed by atoms with Gasteiger partial charge in [-0.15, -0.1) is 0 Å². The third kappa shape index (κ3) is 5.46. The summed E-state index contributed by atoms with van der Waals surface area (Å²) in [5.74, 6) is -0.192. The lowest BCUT2D eigenvalue weighted by atomic mass is 10.1. The molecule has 0 spiro atoms. The van der Waals surface area contributed by atoms with Crippen LogP contribution < -0.4 is 10.2 Å². The number of ether oxygens (including phenoxy) is 2. The molecule has 26 heavy (non-hydrogen) atoms. The molecule has 2 rings (SSSR count). The predicted octanol–water partition coefficient (Wildman–Crippen LogP) is 3.85. The van der Waals surface area contributed by atoms with Crippen molar-refractivity contribution >= 4 is 22.6 Å². The summed E-state index contributed by atoms with van der Waals surface area (Å²) in [5, 5.41) is 10.3. The zero-order valence-electron chi connectivity index (χ0n) is 15.0. The lowest BCUT2D eigenvalue weighted by Gasteiger charge is -2.13. The van der Waals surface area contributed by atoms with Crippen LogP contribution in [0.15, 0.2) is 36.4 Å². The molecule has 6 nitrogen and oxygen atoms in total. The third-order valence-electron chi connectivity index (χ3n) is 4.20. The summed E-state index contributed by atoms with van der Waals surface area (Å²) >= 11 is 0. The fraction of sp³-hybridized carbons (Fsp3) is 0.400. The van der Waals surface area contributed by atoms with Crippen LogP contribution in [0.2, 0.25) is 0 Å². The van der Waals surface area contributed by atoms with Gasteiger partial charge in [-0.3, -0.25) is 10.0 Å². The third-order valence-corrected chi connectivity index (χ3v) is 4.20. The van der Waals surface area contributed by atoms with E-state index in [0.29, 0.717) is 24.3 Å². The van der Waals surface area contributed by atoms with Crippen LogP contribution in [0.3, 0.4) is 0 Å². The van der Waals surface area contributed by atoms with Crippen molar-refractivity contribution in [1.82, 2.24) is 5.48 Å². The average Bonchev–Trinajstić information content (AvgIpc) is 2.68. The number of methoxy groups -OCH3 is 1. The van der Waals surface area contributed by atoms with Crippen LogP contribution in [0.5, 0.6) is 5.75 Å². The van der Waals surface area contributed by atoms with Crippen molar-refractivity contribution in [1.29, 1.82) is 0 Å². The molecule has 2 aromatic carbocycles. The number of carbonyl (C=O) groups is 2. The second-order valence-corrected chi connectivity index (χ2v) is 6.06. The van der Waals surface area contributed by atoms with E-state index in [1.807, 2.05) is 30.3 Å². The Morgan fingerprint density at radius 3 is 2.50 bits per heavy atom. The first-order chi connectivity index (χ1) is 12.7. The van der Waals surface area contributed by atoms with Crippen LogP contribution in [0.1, 0.15) is 48.9 Å². The van der Waals surface area contributed by atoms with Crippen molar-refractivity contribution in [2.45, 2.75) is 38.5 Å². The molecule has 140 valence electrons. The van der Waals surface area contributed by atoms with Gasteiger partial charge in [-0.1, -0.05) is 49.6 Å². The largest absolute Gasteiger partial charge is 0.492 e. The topological polar surface area (TPSA) is 84.9 Å². The number of rotatable bonds is 10. The van der Waals surface area contributed by atoms with Gasteiger partial charge in [-0.2, -0.15) is 0 Å². The lowest BCUT2D eigenvalue weighted by Crippen LogP contribution is -2.17. The Balaban J connectivity index is 1.87. The Morgan fingerprint density at radius 2 is 1.73 bits per heavy atom. The summed E-state index contributed by atoms with van der Waals surface area (Å²) in [6.07, 6.45) is 4.83. The van der Waals surface area contributed by atoms with Gasteiger partial charge in [0.2, 0.25) is 5.91 Å². The molecule has 6 heteroatoms. The van der Waals surface area contributed by atoms with Crippen molar-refractivity contribution < 1.29 is 24.3 Å². The molecular formula is C20H25NO5. The van der Waals surface area contributed by atoms with Crippen LogP contribution >= 0.6 is 0 Å². The number of amides is 1. The highest BCUT2D eigenvalue weighted by Crippen LogP contribution is 2.30. The fourth-order valence-corrected chi connectivity index (χ4v) is 2.82. The molecule has 0 aliphatic rings. The lowest BCUT2D eigenvalue weighted by molar-refractivity contribution is -0.129. The molecule has 0 saturated heterocycles. The number of hydrogen-bond acceptors (Lipinski definition) is 5. The highest BCUT2D eigenvalue weighted by Gasteiger charge is 2.16. The van der Waals surface area contributed by atoms with Gasteiger partial charge in [0.25, 0.3) is 0 Å². The minimum Gasteiger partial charge on any atom is -0.492 e. The maximum atomic E-state index is 12.0. The number of unbranched alkanes of at least 4 members (excludes halogenated alkanes) is 4. The smallest absolute Gasteiger partial charge is 0.341 e. The van der Waals surface area contributed by atoms with Crippen LogP contribution in [0.25, 0.3) is 10.8 Å². The molecule has 2 N–H and O–H groups in total. The first kappa shape index (κ1) is 19.7. The quantitative estimate of drug-likeness (QED) is 0.291. The molecular weight excluding hydrogens is 334 g/mol. The minimum absolute atomic E-state index is 0.339. The number of hydrogen-bond donors (Lipinski definition) is 2. The van der Waals surface area contributed by atoms with E-state index in [1.54, 1.807) is 11.5 Å². The Hall–Kier alpha value is -2.60. The number of benzene rings is 2. The summed E-state index contributed by atoms with van der Waals surface area (Å²) < 4.78 is 10.8. The van der Waals surface area contributed by atoms with Crippen LogP contribution in [0.4, 0.5) is 0 Å². The van der Waals surface area contributed by atoms with Crippen molar-refractivity contribution in [3.63, 3.8) is 0 Å². The van der Waals surface area contributed by atoms with Crippen molar-refractivity contribution in [2.75, 3.05) is 13.7 Å². The molecule has 1 amide bonds. The maximum Gasteiger partial charge on any atom is 0.341 e. The van der Waals surface area contributed by atoms with Crippen LogP contribution in [-0.4, -0.2) is 30.8 Å². The second kappa shape index (κ2) is 10.4. The van der Waals surface area contributed by atoms with Gasteiger partial charge in [0.1, 0.15) is 11.3 Å². The van der Waals surface area contributed by atoms with E-state index in [9.17, 15) is 9.59 Å². The molecule has 2 aromatic rings. The highest BCUT2D eigenvalue weighted by molar-refractivity contribution is 6.01. The Morgan fingerprint density at radius 1 is 1.00 bits per heavy atom. The molecule has 0 fully saturated rings. The van der Waals surface area contributed by atoms with E-state index >= 15 is 0 Å². The summed E-state index contributed by atoms with van der Waals surface area (Å²) in [6, 6.07) is 11.4. The summed E-state index contributed by atoms with van der Waals surface area (Å²) in [7, 11) is 1.36. The van der Waals surface area contributed by atoms with E-state index < -0.39 is 5.97 Å². The van der Waals surface area contributed by atoms with Gasteiger partial charge < -0.3 is 9.47 Å². The number of fused-ring (bicyclic) bond motifs is 1. The van der Waals surface area contributed by atoms with Gasteiger partial charge in [-0.25, -0.2) is 10.3 Å². The molecule has 0 atom stereocenters. The monoisotopic (exact) mass is 359 g/mol. The van der Waals surface area contributed by atoms with Crippen molar-refractivity contribution in [3.05, 3.63) is 42.0 Å². The molecule has 0 aromatic heterocycles. The molecule has 0 aliphatic carbocycles. The Kier molecular flexibility index (Phi) is 7.89. The maximum absolute atomic E-state index is 12.0. The number of esters is 1. The molecule has 0 aliphatic heterocycles. The minimum atomic E-state index is -0.409. The van der Waals surface area contributed by atoms with Crippen LogP contribution in [0, 0.1) is 0 Å². The van der Waals surface area contributed by atoms with Gasteiger partial charge in [0.05, 0.1) is 13.7 Å². The SMILES string of the molecule is COC(=O)c1ccc2ccccc2c1OCCCCCCCC(=O)NO. The first-order valence-electron chi connectivity index (χ1n) is 8.83. The number of hydroxylamine groups is 1. The van der Waals surface area contributed by atoms with E-state index in [4.69, 9.17) is 14.7 Å². The van der Waals surface area contributed by atoms with Gasteiger partial charge in [0.15, 0.2) is 0 Å². The fourth-order valence-electron chi connectivity index (χ4n) is 2.82. The van der Waals surface area contributed by atoms with E-state index in [-0.39, 0.29) is 5.91 Å². The molecule has 0 radical (unpaired) electrons. The number of nitrogens with one attached hydrogen (secondary N) is 1. The Bertz CT molecular complexity index is 744. The van der Waals surface area contributed by atoms with E-state index in [1.165, 1.54) is 7.11 Å². The molecule has 0 unspecified atom stereocenters. The molecule has 0 bridgehead atoms. The van der Waals surface area contributed by atoms with Gasteiger partial charge >= 0.3 is 5.97 Å². The van der Waals surface area contributed by atoms with Crippen LogP contribution in [-0.2, 0) is 9.53 Å². The summed E-state index contributed by atoms with van der Waals surface area (Å²) in [5.41, 5.74) is 2.06. The molecule has 0 saturated carbocycles. The van der Waals surface area contributed by atoms with Crippen molar-refractivity contribution in [3.8, 4) is 5.75 Å². The second-order valence-electron chi connectivity index (χ2n) is 6.06. The summed E-state index contributed by atoms with van der Waals surface area (Å²) in [4.78, 5) is 22.9. The Labute approximate surface area is 153 Å². The van der Waals surface area contributed by atoms with E-state index in [0.717, 1.165) is 42.9 Å². The normalized spacial score (nSPS) is 10.5. The standard InChI is InChI=1S/C20H25NO5/c1-25-20(23)17-13-12-15-9-6-7-10-16(15)19(17)26-14-8-4-2-3-5-11-18(22)21-24/h6-7,9-10,12-13,24H,2-5,8,11,14H2,1H3,(H,21,22). The van der Waals surface area contributed by atoms with E-state index in [2.05, 4.69) is 0 Å². The summed E-state index contributed by atoms with van der Waals surface area (Å²) in [6.45, 7) is 0.509. The highest BCUT2D eigenvalue weighted by atomic mass is 16.5. The zero-order valence-corrected chi connectivity index (χ0v) is 15.0. The van der Waals surface area contributed by atoms with Crippen molar-refractivity contribution in [2.24, 2.45) is 0 Å². The predicted molar refractivity (Wildman–Crippen MR) is 98.4 cm³/mol. The van der Waals surface area contributed by atoms with Gasteiger partial charge in [0, 0.05) is 11.8 Å². The number of carbonyl (C=O) groups excluding carboxylic acids is 2. The first-order valence-corrected chi connectivity index (χ1v) is 8.83. The van der Waals surface area contributed by atoms with Gasteiger partial charge in [-0.05, 0) is 24.3 Å². The molecule has 0 heterocycles. The average molecular weight is 359 g/mol.